The van der Waals surface area contributed by atoms with Crippen LogP contribution >= 0.6 is 11.8 Å². The number of unbranched alkanes of at least 4 members (excludes halogenated alkanes) is 1. The summed E-state index contributed by atoms with van der Waals surface area (Å²) >= 11 is 1.67. The van der Waals surface area contributed by atoms with Crippen molar-refractivity contribution in [2.24, 2.45) is 5.73 Å². The highest BCUT2D eigenvalue weighted by Gasteiger charge is 2.35. The number of carbonyl (C=O) groups is 2. The van der Waals surface area contributed by atoms with Gasteiger partial charge in [-0.1, -0.05) is 13.3 Å². The van der Waals surface area contributed by atoms with Crippen LogP contribution in [0.4, 0.5) is 0 Å². The van der Waals surface area contributed by atoms with Crippen molar-refractivity contribution in [1.29, 1.82) is 0 Å². The van der Waals surface area contributed by atoms with Crippen molar-refractivity contribution >= 4 is 23.6 Å². The summed E-state index contributed by atoms with van der Waals surface area (Å²) in [5, 5.41) is 3.12. The Labute approximate surface area is 131 Å². The number of hydrogen-bond donors (Lipinski definition) is 2. The van der Waals surface area contributed by atoms with Gasteiger partial charge in [0.15, 0.2) is 0 Å². The van der Waals surface area contributed by atoms with Crippen molar-refractivity contribution in [2.75, 3.05) is 11.6 Å². The third-order valence-corrected chi connectivity index (χ3v) is 5.38. The molecule has 0 aromatic rings. The predicted molar refractivity (Wildman–Crippen MR) is 85.9 cm³/mol. The maximum atomic E-state index is 12.4. The molecule has 1 unspecified atom stereocenters. The lowest BCUT2D eigenvalue weighted by molar-refractivity contribution is -0.138. The predicted octanol–water partition coefficient (Wildman–Crippen LogP) is 1.46. The van der Waals surface area contributed by atoms with Crippen LogP contribution in [-0.2, 0) is 9.59 Å². The highest BCUT2D eigenvalue weighted by Crippen LogP contribution is 2.23. The van der Waals surface area contributed by atoms with Gasteiger partial charge >= 0.3 is 0 Å². The zero-order chi connectivity index (χ0) is 15.2. The summed E-state index contributed by atoms with van der Waals surface area (Å²) in [7, 11) is 0. The van der Waals surface area contributed by atoms with Gasteiger partial charge in [0.05, 0.1) is 5.88 Å². The van der Waals surface area contributed by atoms with E-state index < -0.39 is 0 Å². The highest BCUT2D eigenvalue weighted by molar-refractivity contribution is 7.99. The Hall–Kier alpha value is -0.750. The molecule has 2 aliphatic rings. The van der Waals surface area contributed by atoms with Crippen LogP contribution in [0.3, 0.4) is 0 Å². The summed E-state index contributed by atoms with van der Waals surface area (Å²) in [5.41, 5.74) is 5.89. The van der Waals surface area contributed by atoms with Crippen molar-refractivity contribution in [2.45, 2.75) is 70.0 Å². The van der Waals surface area contributed by atoms with Crippen molar-refractivity contribution in [1.82, 2.24) is 10.2 Å². The summed E-state index contributed by atoms with van der Waals surface area (Å²) in [6.45, 7) is 2.07. The number of rotatable bonds is 5. The minimum atomic E-state index is -0.282. The molecule has 1 aliphatic heterocycles. The molecule has 120 valence electrons. The van der Waals surface area contributed by atoms with Gasteiger partial charge in [0.25, 0.3) is 0 Å². The molecule has 1 atom stereocenters. The van der Waals surface area contributed by atoms with Crippen LogP contribution in [0.1, 0.15) is 51.9 Å². The molecule has 6 heteroatoms. The fraction of sp³-hybridized carbons (Fsp3) is 0.867. The van der Waals surface area contributed by atoms with Crippen LogP contribution in [0, 0.1) is 0 Å². The Bertz CT molecular complexity index is 370. The van der Waals surface area contributed by atoms with Crippen LogP contribution in [0.2, 0.25) is 0 Å². The zero-order valence-electron chi connectivity index (χ0n) is 12.8. The van der Waals surface area contributed by atoms with Crippen LogP contribution in [0.25, 0.3) is 0 Å². The van der Waals surface area contributed by atoms with E-state index in [9.17, 15) is 9.59 Å². The van der Waals surface area contributed by atoms with Crippen molar-refractivity contribution in [3.63, 3.8) is 0 Å². The smallest absolute Gasteiger partial charge is 0.243 e. The number of hydrogen-bond acceptors (Lipinski definition) is 4. The molecule has 0 aromatic carbocycles. The van der Waals surface area contributed by atoms with Gasteiger partial charge in [0.1, 0.15) is 6.04 Å². The fourth-order valence-electron chi connectivity index (χ4n) is 2.94. The first-order chi connectivity index (χ1) is 10.1. The first-order valence-corrected chi connectivity index (χ1v) is 9.20. The molecular weight excluding hydrogens is 286 g/mol. The van der Waals surface area contributed by atoms with E-state index in [1.165, 1.54) is 0 Å². The summed E-state index contributed by atoms with van der Waals surface area (Å²) in [6.07, 6.45) is 6.32. The topological polar surface area (TPSA) is 75.4 Å². The molecule has 2 fully saturated rings. The minimum absolute atomic E-state index is 0.0188. The molecule has 2 amide bonds. The van der Waals surface area contributed by atoms with Gasteiger partial charge in [-0.2, -0.15) is 0 Å². The normalized spacial score (nSPS) is 29.4. The van der Waals surface area contributed by atoms with E-state index in [2.05, 4.69) is 12.2 Å². The number of carbonyl (C=O) groups excluding carboxylic acids is 2. The molecule has 5 nitrogen and oxygen atoms in total. The van der Waals surface area contributed by atoms with Gasteiger partial charge in [-0.3, -0.25) is 9.59 Å². The van der Waals surface area contributed by atoms with Gasteiger partial charge in [0.2, 0.25) is 11.8 Å². The molecular formula is C15H27N3O2S. The van der Waals surface area contributed by atoms with Gasteiger partial charge in [0, 0.05) is 24.3 Å². The van der Waals surface area contributed by atoms with Gasteiger partial charge in [-0.25, -0.2) is 0 Å². The Balaban J connectivity index is 1.84. The third kappa shape index (κ3) is 4.61. The Kier molecular flexibility index (Phi) is 6.36. The summed E-state index contributed by atoms with van der Waals surface area (Å²) < 4.78 is 0. The Morgan fingerprint density at radius 1 is 1.29 bits per heavy atom. The maximum absolute atomic E-state index is 12.4. The summed E-state index contributed by atoms with van der Waals surface area (Å²) in [5.74, 6) is 1.50. The average molecular weight is 313 g/mol. The van der Waals surface area contributed by atoms with E-state index in [0.29, 0.717) is 12.3 Å². The number of nitrogens with zero attached hydrogens (tertiary/aromatic N) is 1. The fourth-order valence-corrected chi connectivity index (χ4v) is 4.12. The first kappa shape index (κ1) is 16.6. The van der Waals surface area contributed by atoms with Crippen molar-refractivity contribution in [3.8, 4) is 0 Å². The standard InChI is InChI=1S/C15H27N3O2S/c1-2-3-4-14(19)18-10-21-9-13(18)15(20)17-12-7-5-11(16)6-8-12/h11-13H,2-10,16H2,1H3,(H,17,20). The zero-order valence-corrected chi connectivity index (χ0v) is 13.7. The van der Waals surface area contributed by atoms with Crippen LogP contribution in [0.15, 0.2) is 0 Å². The molecule has 3 N–H and O–H groups in total. The maximum Gasteiger partial charge on any atom is 0.243 e. The Morgan fingerprint density at radius 2 is 2.00 bits per heavy atom. The van der Waals surface area contributed by atoms with E-state index in [-0.39, 0.29) is 29.9 Å². The van der Waals surface area contributed by atoms with Crippen LogP contribution < -0.4 is 11.1 Å². The molecule has 0 bridgehead atoms. The lowest BCUT2D eigenvalue weighted by Gasteiger charge is -2.29. The average Bonchev–Trinajstić information content (AvgIpc) is 2.96. The van der Waals surface area contributed by atoms with Crippen molar-refractivity contribution in [3.05, 3.63) is 0 Å². The molecule has 2 rings (SSSR count). The van der Waals surface area contributed by atoms with E-state index >= 15 is 0 Å². The van der Waals surface area contributed by atoms with Gasteiger partial charge < -0.3 is 16.0 Å². The van der Waals surface area contributed by atoms with E-state index in [0.717, 1.165) is 44.3 Å². The molecule has 0 aromatic heterocycles. The second-order valence-electron chi connectivity index (χ2n) is 6.10. The number of nitrogens with two attached hydrogens (primary N) is 1. The lowest BCUT2D eigenvalue weighted by atomic mass is 9.91. The molecule has 0 spiro atoms. The number of nitrogens with one attached hydrogen (secondary N) is 1. The highest BCUT2D eigenvalue weighted by atomic mass is 32.2. The van der Waals surface area contributed by atoms with Crippen LogP contribution in [-0.4, -0.2) is 46.5 Å². The van der Waals surface area contributed by atoms with Crippen molar-refractivity contribution < 1.29 is 9.59 Å². The molecule has 1 heterocycles. The second-order valence-corrected chi connectivity index (χ2v) is 7.10. The largest absolute Gasteiger partial charge is 0.352 e. The number of thioether (sulfide) groups is 1. The molecule has 1 aliphatic carbocycles. The third-order valence-electron chi connectivity index (χ3n) is 4.37. The van der Waals surface area contributed by atoms with Crippen LogP contribution in [0.5, 0.6) is 0 Å². The summed E-state index contributed by atoms with van der Waals surface area (Å²) in [6, 6.07) is 0.234. The lowest BCUT2D eigenvalue weighted by Crippen LogP contribution is -2.51. The molecule has 0 radical (unpaired) electrons. The van der Waals surface area contributed by atoms with E-state index in [1.807, 2.05) is 0 Å². The molecule has 1 saturated carbocycles. The molecule has 1 saturated heterocycles. The first-order valence-electron chi connectivity index (χ1n) is 8.05. The van der Waals surface area contributed by atoms with E-state index in [1.54, 1.807) is 16.7 Å². The molecule has 21 heavy (non-hydrogen) atoms. The Morgan fingerprint density at radius 3 is 2.67 bits per heavy atom. The van der Waals surface area contributed by atoms with E-state index in [4.69, 9.17) is 5.73 Å². The minimum Gasteiger partial charge on any atom is -0.352 e. The quantitative estimate of drug-likeness (QED) is 0.806. The second kappa shape index (κ2) is 8.03. The van der Waals surface area contributed by atoms with Gasteiger partial charge in [-0.15, -0.1) is 11.8 Å². The monoisotopic (exact) mass is 313 g/mol. The summed E-state index contributed by atoms with van der Waals surface area (Å²) in [4.78, 5) is 26.4. The number of amides is 2. The SMILES string of the molecule is CCCCC(=O)N1CSCC1C(=O)NC1CCC(N)CC1. The van der Waals surface area contributed by atoms with Gasteiger partial charge in [-0.05, 0) is 32.1 Å².